The molecule has 105 valence electrons. The van der Waals surface area contributed by atoms with Crippen LogP contribution in [0.5, 0.6) is 0 Å². The second-order valence-electron chi connectivity index (χ2n) is 4.50. The Bertz CT molecular complexity index is 612. The van der Waals surface area contributed by atoms with Crippen LogP contribution in [0.4, 0.5) is 0 Å². The average Bonchev–Trinajstić information content (AvgIpc) is 3.17. The Morgan fingerprint density at radius 2 is 1.90 bits per heavy atom. The van der Waals surface area contributed by atoms with Gasteiger partial charge in [0.25, 0.3) is 0 Å². The summed E-state index contributed by atoms with van der Waals surface area (Å²) in [5.41, 5.74) is 1.75. The van der Waals surface area contributed by atoms with Crippen molar-refractivity contribution in [3.05, 3.63) is 73.2 Å². The highest BCUT2D eigenvalue weighted by molar-refractivity contribution is 5.92. The highest BCUT2D eigenvalue weighted by Gasteiger charge is 2.32. The van der Waals surface area contributed by atoms with Gasteiger partial charge in [0, 0.05) is 17.0 Å². The molecule has 0 atom stereocenters. The monoisotopic (exact) mass is 280 g/mol. The fourth-order valence-corrected chi connectivity index (χ4v) is 2.22. The van der Waals surface area contributed by atoms with Gasteiger partial charge in [-0.3, -0.25) is 0 Å². The second-order valence-corrected chi connectivity index (χ2v) is 4.50. The third-order valence-electron chi connectivity index (χ3n) is 3.15. The maximum absolute atomic E-state index is 12.1. The molecule has 1 saturated carbocycles. The van der Waals surface area contributed by atoms with E-state index in [1.165, 1.54) is 0 Å². The van der Waals surface area contributed by atoms with Crippen molar-refractivity contribution < 1.29 is 14.1 Å². The summed E-state index contributed by atoms with van der Waals surface area (Å²) >= 11 is 0. The van der Waals surface area contributed by atoms with Gasteiger partial charge in [-0.1, -0.05) is 35.5 Å². The van der Waals surface area contributed by atoms with E-state index in [1.807, 2.05) is 56.0 Å². The smallest absolute Gasteiger partial charge is 0.360 e. The highest BCUT2D eigenvalue weighted by atomic mass is 16.5. The zero-order chi connectivity index (χ0) is 14.7. The van der Waals surface area contributed by atoms with Crippen LogP contribution in [-0.4, -0.2) is 17.7 Å². The first kappa shape index (κ1) is 13.9. The molecule has 0 amide bonds. The van der Waals surface area contributed by atoms with Gasteiger partial charge in [0.15, 0.2) is 11.5 Å². The fraction of sp³-hybridized carbons (Fsp3) is 0.118. The minimum atomic E-state index is -0.473. The van der Waals surface area contributed by atoms with E-state index < -0.39 is 5.97 Å². The van der Waals surface area contributed by atoms with Gasteiger partial charge in [-0.15, -0.1) is 0 Å². The van der Waals surface area contributed by atoms with Gasteiger partial charge in [-0.05, 0) is 32.6 Å². The molecule has 1 fully saturated rings. The predicted molar refractivity (Wildman–Crippen MR) is 77.4 cm³/mol. The molecule has 1 aromatic heterocycles. The molecule has 2 aromatic rings. The Kier molecular flexibility index (Phi) is 4.04. The minimum absolute atomic E-state index is 0.210. The molecule has 5 radical (unpaired) electrons. The molecule has 3 rings (SSSR count). The van der Waals surface area contributed by atoms with Crippen LogP contribution in [0.25, 0.3) is 11.3 Å². The van der Waals surface area contributed by atoms with Crippen LogP contribution in [0.15, 0.2) is 34.9 Å². The normalized spacial score (nSPS) is 15.3. The molecule has 0 unspecified atom stereocenters. The Morgan fingerprint density at radius 3 is 2.57 bits per heavy atom. The molecule has 0 saturated heterocycles. The topological polar surface area (TPSA) is 52.3 Å². The van der Waals surface area contributed by atoms with Gasteiger partial charge >= 0.3 is 5.97 Å². The summed E-state index contributed by atoms with van der Waals surface area (Å²) < 4.78 is 10.5. The van der Waals surface area contributed by atoms with Crippen LogP contribution >= 0.6 is 0 Å². The molecule has 21 heavy (non-hydrogen) atoms. The summed E-state index contributed by atoms with van der Waals surface area (Å²) in [7, 11) is 0. The molecule has 0 bridgehead atoms. The molecule has 4 heteroatoms. The van der Waals surface area contributed by atoms with Crippen molar-refractivity contribution in [2.45, 2.75) is 6.92 Å². The molecule has 1 aromatic carbocycles. The summed E-state index contributed by atoms with van der Waals surface area (Å²) in [6, 6.07) is 9.59. The lowest BCUT2D eigenvalue weighted by Gasteiger charge is -2.09. The van der Waals surface area contributed by atoms with Crippen LogP contribution in [0, 0.1) is 31.6 Å². The number of esters is 1. The molecular weight excluding hydrogens is 266 g/mol. The quantitative estimate of drug-likeness (QED) is 0.806. The zero-order valence-corrected chi connectivity index (χ0v) is 11.6. The standard InChI is InChI=1S/C17H14NO3/c1-2-20-17(19)15-14(12-8-6-7-9-12)16(21-18-15)13-10-4-3-5-11-13/h3-11H,2H2,1H3. The number of aromatic nitrogens is 1. The van der Waals surface area contributed by atoms with Gasteiger partial charge in [-0.2, -0.15) is 0 Å². The SMILES string of the molecule is CCOC(=O)c1noc(-c2ccccc2)c1[C]1[CH][CH][CH][CH]1. The zero-order valence-electron chi connectivity index (χ0n) is 11.6. The molecule has 0 aliphatic heterocycles. The summed E-state index contributed by atoms with van der Waals surface area (Å²) in [6.07, 6.45) is 7.65. The maximum atomic E-state index is 12.1. The number of nitrogens with zero attached hydrogens (tertiary/aromatic N) is 1. The van der Waals surface area contributed by atoms with E-state index in [1.54, 1.807) is 6.92 Å². The molecule has 0 N–H and O–H groups in total. The van der Waals surface area contributed by atoms with Crippen LogP contribution in [-0.2, 0) is 4.74 Å². The Balaban J connectivity index is 2.06. The van der Waals surface area contributed by atoms with Crippen molar-refractivity contribution in [3.63, 3.8) is 0 Å². The Morgan fingerprint density at radius 1 is 1.19 bits per heavy atom. The number of benzene rings is 1. The van der Waals surface area contributed by atoms with Crippen molar-refractivity contribution in [3.8, 4) is 11.3 Å². The first-order chi connectivity index (χ1) is 10.3. The molecule has 4 nitrogen and oxygen atoms in total. The molecular formula is C17H14NO3. The van der Waals surface area contributed by atoms with Crippen molar-refractivity contribution in [1.29, 1.82) is 0 Å². The number of ether oxygens (including phenoxy) is 1. The number of carbonyl (C=O) groups excluding carboxylic acids is 1. The van der Waals surface area contributed by atoms with Crippen LogP contribution in [0.3, 0.4) is 0 Å². The first-order valence-electron chi connectivity index (χ1n) is 6.75. The third-order valence-corrected chi connectivity index (χ3v) is 3.15. The highest BCUT2D eigenvalue weighted by Crippen LogP contribution is 2.38. The number of carbonyl (C=O) groups is 1. The number of hydrogen-bond acceptors (Lipinski definition) is 4. The molecule has 1 heterocycles. The van der Waals surface area contributed by atoms with Crippen molar-refractivity contribution in [2.75, 3.05) is 6.61 Å². The molecule has 1 aliphatic rings. The van der Waals surface area contributed by atoms with Crippen LogP contribution in [0.1, 0.15) is 23.0 Å². The van der Waals surface area contributed by atoms with Gasteiger partial charge < -0.3 is 9.26 Å². The van der Waals surface area contributed by atoms with Gasteiger partial charge in [0.2, 0.25) is 0 Å². The average molecular weight is 280 g/mol. The molecule has 1 aliphatic carbocycles. The van der Waals surface area contributed by atoms with Crippen molar-refractivity contribution in [2.24, 2.45) is 0 Å². The summed E-state index contributed by atoms with van der Waals surface area (Å²) in [5, 5.41) is 3.92. The van der Waals surface area contributed by atoms with Gasteiger partial charge in [0.1, 0.15) is 0 Å². The second kappa shape index (κ2) is 6.12. The number of rotatable bonds is 4. The van der Waals surface area contributed by atoms with Crippen LogP contribution < -0.4 is 0 Å². The van der Waals surface area contributed by atoms with E-state index >= 15 is 0 Å². The lowest BCUT2D eigenvalue weighted by atomic mass is 9.93. The summed E-state index contributed by atoms with van der Waals surface area (Å²) in [4.78, 5) is 12.1. The van der Waals surface area contributed by atoms with E-state index in [9.17, 15) is 4.79 Å². The summed E-state index contributed by atoms with van der Waals surface area (Å²) in [6.45, 7) is 2.06. The molecule has 0 spiro atoms. The van der Waals surface area contributed by atoms with E-state index in [4.69, 9.17) is 9.26 Å². The van der Waals surface area contributed by atoms with E-state index in [0.717, 1.165) is 11.5 Å². The Hall–Kier alpha value is -2.10. The van der Waals surface area contributed by atoms with Crippen molar-refractivity contribution >= 4 is 5.97 Å². The fourth-order valence-electron chi connectivity index (χ4n) is 2.22. The lowest BCUT2D eigenvalue weighted by molar-refractivity contribution is 0.0514. The predicted octanol–water partition coefficient (Wildman–Crippen LogP) is 3.27. The van der Waals surface area contributed by atoms with Crippen molar-refractivity contribution in [1.82, 2.24) is 5.16 Å². The van der Waals surface area contributed by atoms with Gasteiger partial charge in [-0.25, -0.2) is 4.79 Å². The lowest BCUT2D eigenvalue weighted by Crippen LogP contribution is -2.10. The Labute approximate surface area is 124 Å². The van der Waals surface area contributed by atoms with E-state index in [-0.39, 0.29) is 5.69 Å². The minimum Gasteiger partial charge on any atom is -0.461 e. The maximum Gasteiger partial charge on any atom is 0.360 e. The first-order valence-corrected chi connectivity index (χ1v) is 6.75. The van der Waals surface area contributed by atoms with Crippen LogP contribution in [0.2, 0.25) is 0 Å². The van der Waals surface area contributed by atoms with E-state index in [2.05, 4.69) is 5.16 Å². The summed E-state index contributed by atoms with van der Waals surface area (Å²) in [5.74, 6) is 0.989. The largest absolute Gasteiger partial charge is 0.461 e. The van der Waals surface area contributed by atoms with Gasteiger partial charge in [0.05, 0.1) is 6.61 Å². The third kappa shape index (κ3) is 2.71. The number of hydrogen-bond donors (Lipinski definition) is 0. The van der Waals surface area contributed by atoms with E-state index in [0.29, 0.717) is 17.9 Å².